The van der Waals surface area contributed by atoms with Crippen molar-refractivity contribution in [1.29, 1.82) is 0 Å². The molecule has 21 heavy (non-hydrogen) atoms. The number of hydrogen-bond acceptors (Lipinski definition) is 3. The lowest BCUT2D eigenvalue weighted by Gasteiger charge is -2.37. The van der Waals surface area contributed by atoms with Crippen molar-refractivity contribution in [2.75, 3.05) is 13.1 Å². The molecule has 2 aliphatic rings. The Morgan fingerprint density at radius 1 is 1.33 bits per heavy atom. The Labute approximate surface area is 133 Å². The molecule has 1 saturated carbocycles. The Bertz CT molecular complexity index is 387. The topological polar surface area (TPSA) is 75.4 Å². The molecule has 5 nitrogen and oxygen atoms in total. The molecule has 0 aromatic rings. The zero-order valence-electron chi connectivity index (χ0n) is 13.1. The largest absolute Gasteiger partial charge is 0.351 e. The van der Waals surface area contributed by atoms with Gasteiger partial charge in [0.15, 0.2) is 0 Å². The monoisotopic (exact) mass is 317 g/mol. The Balaban J connectivity index is 0.00000220. The fraction of sp³-hybridized carbons (Fsp3) is 0.867. The second-order valence-corrected chi connectivity index (χ2v) is 6.49. The molecule has 3 N–H and O–H groups in total. The molecule has 1 aliphatic heterocycles. The number of nitrogens with one attached hydrogen (secondary N) is 1. The molecular formula is C15H28ClN3O2. The summed E-state index contributed by atoms with van der Waals surface area (Å²) in [6.07, 6.45) is 5.37. The molecule has 122 valence electrons. The van der Waals surface area contributed by atoms with Crippen LogP contribution >= 0.6 is 12.4 Å². The molecule has 3 atom stereocenters. The van der Waals surface area contributed by atoms with Crippen molar-refractivity contribution in [3.63, 3.8) is 0 Å². The number of rotatable bonds is 3. The van der Waals surface area contributed by atoms with Crippen LogP contribution in [-0.4, -0.2) is 41.4 Å². The molecule has 2 amide bonds. The first-order chi connectivity index (χ1) is 9.44. The zero-order chi connectivity index (χ0) is 14.8. The van der Waals surface area contributed by atoms with E-state index in [0.717, 1.165) is 38.6 Å². The Morgan fingerprint density at radius 3 is 2.67 bits per heavy atom. The third-order valence-electron chi connectivity index (χ3n) is 4.76. The summed E-state index contributed by atoms with van der Waals surface area (Å²) in [6, 6.07) is 0.0933. The minimum atomic E-state index is -0.389. The number of nitrogens with zero attached hydrogens (tertiary/aromatic N) is 1. The van der Waals surface area contributed by atoms with Gasteiger partial charge in [0.1, 0.15) is 0 Å². The van der Waals surface area contributed by atoms with Gasteiger partial charge in [-0.3, -0.25) is 9.59 Å². The molecule has 0 aromatic carbocycles. The van der Waals surface area contributed by atoms with Gasteiger partial charge in [-0.25, -0.2) is 0 Å². The van der Waals surface area contributed by atoms with Gasteiger partial charge in [-0.1, -0.05) is 19.8 Å². The number of carbonyl (C=O) groups is 2. The van der Waals surface area contributed by atoms with Gasteiger partial charge in [0, 0.05) is 31.1 Å². The van der Waals surface area contributed by atoms with Gasteiger partial charge in [-0.05, 0) is 26.2 Å². The number of nitrogens with two attached hydrogens (primary N) is 1. The highest BCUT2D eigenvalue weighted by molar-refractivity contribution is 5.85. The van der Waals surface area contributed by atoms with Gasteiger partial charge < -0.3 is 16.0 Å². The Kier molecular flexibility index (Phi) is 6.47. The number of amides is 2. The van der Waals surface area contributed by atoms with Gasteiger partial charge in [0.05, 0.1) is 5.92 Å². The lowest BCUT2D eigenvalue weighted by molar-refractivity contribution is -0.131. The maximum absolute atomic E-state index is 12.4. The fourth-order valence-electron chi connectivity index (χ4n) is 3.42. The van der Waals surface area contributed by atoms with Crippen molar-refractivity contribution in [1.82, 2.24) is 10.2 Å². The van der Waals surface area contributed by atoms with E-state index in [-0.39, 0.29) is 41.7 Å². The molecule has 3 unspecified atom stereocenters. The van der Waals surface area contributed by atoms with E-state index in [1.807, 2.05) is 18.7 Å². The van der Waals surface area contributed by atoms with Gasteiger partial charge in [0.2, 0.25) is 11.8 Å². The summed E-state index contributed by atoms with van der Waals surface area (Å²) in [5.41, 5.74) is 5.88. The maximum atomic E-state index is 12.4. The summed E-state index contributed by atoms with van der Waals surface area (Å²) in [4.78, 5) is 25.9. The van der Waals surface area contributed by atoms with Crippen LogP contribution in [0.2, 0.25) is 0 Å². The van der Waals surface area contributed by atoms with Crippen molar-refractivity contribution >= 4 is 24.2 Å². The first-order valence-corrected chi connectivity index (χ1v) is 7.81. The highest BCUT2D eigenvalue weighted by atomic mass is 35.5. The quantitative estimate of drug-likeness (QED) is 0.827. The lowest BCUT2D eigenvalue weighted by Crippen LogP contribution is -2.54. The number of halogens is 1. The van der Waals surface area contributed by atoms with Gasteiger partial charge in [0.25, 0.3) is 0 Å². The van der Waals surface area contributed by atoms with Gasteiger partial charge >= 0.3 is 0 Å². The molecule has 0 aromatic heterocycles. The summed E-state index contributed by atoms with van der Waals surface area (Å²) < 4.78 is 0. The third kappa shape index (κ3) is 4.33. The van der Waals surface area contributed by atoms with Crippen LogP contribution in [0.5, 0.6) is 0 Å². The molecule has 6 heteroatoms. The van der Waals surface area contributed by atoms with E-state index in [1.54, 1.807) is 0 Å². The summed E-state index contributed by atoms with van der Waals surface area (Å²) in [5, 5.41) is 3.10. The second-order valence-electron chi connectivity index (χ2n) is 6.49. The molecule has 2 fully saturated rings. The number of hydrogen-bond donors (Lipinski definition) is 2. The van der Waals surface area contributed by atoms with E-state index < -0.39 is 0 Å². The predicted octanol–water partition coefficient (Wildman–Crippen LogP) is 1.44. The van der Waals surface area contributed by atoms with E-state index >= 15 is 0 Å². The van der Waals surface area contributed by atoms with Gasteiger partial charge in [-0.15, -0.1) is 12.4 Å². The van der Waals surface area contributed by atoms with Crippen molar-refractivity contribution in [3.05, 3.63) is 0 Å². The van der Waals surface area contributed by atoms with Gasteiger partial charge in [-0.2, -0.15) is 0 Å². The standard InChI is InChI=1S/C15H27N3O2.ClH/c1-3-13(19)18-9-7-11(10-18)17-14(20)12-6-4-5-8-15(12,2)16;/h11-12H,3-10,16H2,1-2H3,(H,17,20);1H. The molecule has 1 heterocycles. The Hall–Kier alpha value is -0.810. The second kappa shape index (κ2) is 7.45. The minimum absolute atomic E-state index is 0. The molecular weight excluding hydrogens is 290 g/mol. The van der Waals surface area contributed by atoms with E-state index in [0.29, 0.717) is 13.0 Å². The zero-order valence-corrected chi connectivity index (χ0v) is 13.9. The van der Waals surface area contributed by atoms with Crippen molar-refractivity contribution < 1.29 is 9.59 Å². The van der Waals surface area contributed by atoms with Crippen molar-refractivity contribution in [3.8, 4) is 0 Å². The molecule has 1 aliphatic carbocycles. The van der Waals surface area contributed by atoms with Crippen LogP contribution in [0.15, 0.2) is 0 Å². The van der Waals surface area contributed by atoms with Crippen molar-refractivity contribution in [2.45, 2.75) is 64.0 Å². The van der Waals surface area contributed by atoms with Crippen LogP contribution in [0.25, 0.3) is 0 Å². The van der Waals surface area contributed by atoms with Crippen LogP contribution in [0.1, 0.15) is 52.4 Å². The molecule has 0 radical (unpaired) electrons. The molecule has 0 bridgehead atoms. The minimum Gasteiger partial charge on any atom is -0.351 e. The van der Waals surface area contributed by atoms with Crippen LogP contribution in [0, 0.1) is 5.92 Å². The highest BCUT2D eigenvalue weighted by Crippen LogP contribution is 2.31. The van der Waals surface area contributed by atoms with E-state index in [4.69, 9.17) is 5.73 Å². The average Bonchev–Trinajstić information content (AvgIpc) is 2.85. The maximum Gasteiger partial charge on any atom is 0.225 e. The number of carbonyl (C=O) groups excluding carboxylic acids is 2. The van der Waals surface area contributed by atoms with Crippen LogP contribution in [0.3, 0.4) is 0 Å². The number of likely N-dealkylation sites (tertiary alicyclic amines) is 1. The Morgan fingerprint density at radius 2 is 2.05 bits per heavy atom. The smallest absolute Gasteiger partial charge is 0.225 e. The predicted molar refractivity (Wildman–Crippen MR) is 85.2 cm³/mol. The molecule has 0 spiro atoms. The van der Waals surface area contributed by atoms with E-state index in [1.165, 1.54) is 0 Å². The van der Waals surface area contributed by atoms with E-state index in [2.05, 4.69) is 5.32 Å². The van der Waals surface area contributed by atoms with Crippen LogP contribution in [-0.2, 0) is 9.59 Å². The third-order valence-corrected chi connectivity index (χ3v) is 4.76. The average molecular weight is 318 g/mol. The highest BCUT2D eigenvalue weighted by Gasteiger charge is 2.39. The molecule has 1 saturated heterocycles. The summed E-state index contributed by atoms with van der Waals surface area (Å²) in [6.45, 7) is 5.25. The summed E-state index contributed by atoms with van der Waals surface area (Å²) in [5.74, 6) is 0.153. The summed E-state index contributed by atoms with van der Waals surface area (Å²) >= 11 is 0. The summed E-state index contributed by atoms with van der Waals surface area (Å²) in [7, 11) is 0. The van der Waals surface area contributed by atoms with Crippen LogP contribution < -0.4 is 11.1 Å². The lowest BCUT2D eigenvalue weighted by atomic mass is 9.74. The first-order valence-electron chi connectivity index (χ1n) is 7.81. The fourth-order valence-corrected chi connectivity index (χ4v) is 3.42. The normalized spacial score (nSPS) is 32.4. The first kappa shape index (κ1) is 18.2. The van der Waals surface area contributed by atoms with E-state index in [9.17, 15) is 9.59 Å². The molecule has 2 rings (SSSR count). The van der Waals surface area contributed by atoms with Crippen molar-refractivity contribution in [2.24, 2.45) is 11.7 Å². The SMILES string of the molecule is CCC(=O)N1CCC(NC(=O)C2CCCCC2(C)N)C1.Cl. The van der Waals surface area contributed by atoms with Crippen LogP contribution in [0.4, 0.5) is 0 Å².